The molecule has 0 bridgehead atoms. The van der Waals surface area contributed by atoms with E-state index in [1.807, 2.05) is 6.07 Å². The summed E-state index contributed by atoms with van der Waals surface area (Å²) in [5, 5.41) is 7.64. The van der Waals surface area contributed by atoms with Crippen molar-refractivity contribution in [1.82, 2.24) is 9.97 Å². The van der Waals surface area contributed by atoms with Crippen molar-refractivity contribution >= 4 is 32.7 Å². The van der Waals surface area contributed by atoms with Crippen LogP contribution in [-0.2, 0) is 10.0 Å². The number of nitrogens with zero attached hydrogens (tertiary/aromatic N) is 2. The average Bonchev–Trinajstić information content (AvgIpc) is 2.54. The summed E-state index contributed by atoms with van der Waals surface area (Å²) < 4.78 is 22.7. The summed E-state index contributed by atoms with van der Waals surface area (Å²) in [5.41, 5.74) is 1.71. The van der Waals surface area contributed by atoms with Gasteiger partial charge in [0.2, 0.25) is 10.0 Å². The van der Waals surface area contributed by atoms with E-state index in [0.717, 1.165) is 0 Å². The molecule has 0 atom stereocenters. The fraction of sp³-hybridized carbons (Fsp3) is 0. The van der Waals surface area contributed by atoms with Crippen LogP contribution in [0.25, 0.3) is 11.0 Å². The molecular formula is C15H12N4O3S. The minimum atomic E-state index is -3.83. The second-order valence-electron chi connectivity index (χ2n) is 4.77. The zero-order valence-electron chi connectivity index (χ0n) is 11.8. The number of primary sulfonamides is 1. The zero-order valence-corrected chi connectivity index (χ0v) is 12.6. The number of para-hydroxylation sites is 2. The van der Waals surface area contributed by atoms with Crippen LogP contribution >= 0.6 is 0 Å². The topological polar surface area (TPSA) is 115 Å². The van der Waals surface area contributed by atoms with Crippen molar-refractivity contribution in [2.24, 2.45) is 5.14 Å². The number of hydrogen-bond donors (Lipinski definition) is 2. The number of rotatable bonds is 3. The molecule has 2 aromatic carbocycles. The lowest BCUT2D eigenvalue weighted by atomic mass is 10.3. The van der Waals surface area contributed by atoms with Crippen molar-refractivity contribution in [3.63, 3.8) is 0 Å². The number of fused-ring (bicyclic) bond motifs is 1. The van der Waals surface area contributed by atoms with Crippen molar-refractivity contribution < 1.29 is 13.2 Å². The molecule has 1 aromatic heterocycles. The third-order valence-electron chi connectivity index (χ3n) is 3.10. The number of carbonyl (C=O) groups is 1. The van der Waals surface area contributed by atoms with Gasteiger partial charge in [0.15, 0.2) is 0 Å². The predicted molar refractivity (Wildman–Crippen MR) is 85.3 cm³/mol. The molecule has 3 aromatic rings. The SMILES string of the molecule is NS(=O)(=O)c1cccc(NC(=O)c2cnc3ccccc3n2)c1. The normalized spacial score (nSPS) is 11.3. The summed E-state index contributed by atoms with van der Waals surface area (Å²) >= 11 is 0. The van der Waals surface area contributed by atoms with Gasteiger partial charge in [0.25, 0.3) is 5.91 Å². The van der Waals surface area contributed by atoms with E-state index in [-0.39, 0.29) is 10.6 Å². The summed E-state index contributed by atoms with van der Waals surface area (Å²) in [4.78, 5) is 20.5. The monoisotopic (exact) mass is 328 g/mol. The van der Waals surface area contributed by atoms with Crippen LogP contribution in [0.3, 0.4) is 0 Å². The van der Waals surface area contributed by atoms with Crippen LogP contribution in [0.4, 0.5) is 5.69 Å². The van der Waals surface area contributed by atoms with Crippen molar-refractivity contribution in [2.75, 3.05) is 5.32 Å². The summed E-state index contributed by atoms with van der Waals surface area (Å²) in [5.74, 6) is -0.491. The van der Waals surface area contributed by atoms with E-state index >= 15 is 0 Å². The summed E-state index contributed by atoms with van der Waals surface area (Å²) in [6.45, 7) is 0. The highest BCUT2D eigenvalue weighted by molar-refractivity contribution is 7.89. The minimum absolute atomic E-state index is 0.0834. The number of aromatic nitrogens is 2. The molecule has 0 unspecified atom stereocenters. The highest BCUT2D eigenvalue weighted by atomic mass is 32.2. The summed E-state index contributed by atoms with van der Waals surface area (Å²) in [7, 11) is -3.83. The largest absolute Gasteiger partial charge is 0.321 e. The quantitative estimate of drug-likeness (QED) is 0.756. The van der Waals surface area contributed by atoms with Crippen LogP contribution in [0.1, 0.15) is 10.5 Å². The Hall–Kier alpha value is -2.84. The van der Waals surface area contributed by atoms with E-state index in [4.69, 9.17) is 5.14 Å². The molecule has 0 aliphatic carbocycles. The molecule has 0 saturated heterocycles. The van der Waals surface area contributed by atoms with Gasteiger partial charge < -0.3 is 5.32 Å². The molecule has 0 radical (unpaired) electrons. The Morgan fingerprint density at radius 2 is 1.78 bits per heavy atom. The number of benzene rings is 2. The Bertz CT molecular complexity index is 1000. The van der Waals surface area contributed by atoms with Gasteiger partial charge in [-0.3, -0.25) is 9.78 Å². The first-order valence-electron chi connectivity index (χ1n) is 6.59. The Morgan fingerprint density at radius 3 is 2.52 bits per heavy atom. The van der Waals surface area contributed by atoms with Crippen LogP contribution < -0.4 is 10.5 Å². The average molecular weight is 328 g/mol. The minimum Gasteiger partial charge on any atom is -0.321 e. The predicted octanol–water partition coefficient (Wildman–Crippen LogP) is 1.53. The van der Waals surface area contributed by atoms with E-state index in [1.165, 1.54) is 24.4 Å². The Balaban J connectivity index is 1.88. The second-order valence-corrected chi connectivity index (χ2v) is 6.33. The number of nitrogens with one attached hydrogen (secondary N) is 1. The first-order chi connectivity index (χ1) is 10.9. The number of nitrogens with two attached hydrogens (primary N) is 1. The summed E-state index contributed by atoms with van der Waals surface area (Å²) in [6, 6.07) is 12.8. The lowest BCUT2D eigenvalue weighted by molar-refractivity contribution is 0.102. The van der Waals surface area contributed by atoms with Crippen LogP contribution in [0.5, 0.6) is 0 Å². The molecule has 0 spiro atoms. The maximum Gasteiger partial charge on any atom is 0.275 e. The standard InChI is InChI=1S/C15H12N4O3S/c16-23(21,22)11-5-3-4-10(8-11)18-15(20)14-9-17-12-6-1-2-7-13(12)19-14/h1-9H,(H,18,20)(H2,16,21,22). The van der Waals surface area contributed by atoms with Gasteiger partial charge >= 0.3 is 0 Å². The first-order valence-corrected chi connectivity index (χ1v) is 8.14. The molecule has 3 rings (SSSR count). The summed E-state index contributed by atoms with van der Waals surface area (Å²) in [6.07, 6.45) is 1.36. The Morgan fingerprint density at radius 1 is 1.04 bits per heavy atom. The molecule has 23 heavy (non-hydrogen) atoms. The van der Waals surface area contributed by atoms with Gasteiger partial charge in [0.05, 0.1) is 22.1 Å². The van der Waals surface area contributed by atoms with Crippen molar-refractivity contribution in [1.29, 1.82) is 0 Å². The molecule has 1 heterocycles. The Kier molecular flexibility index (Phi) is 3.77. The van der Waals surface area contributed by atoms with Crippen LogP contribution in [0.15, 0.2) is 59.6 Å². The lowest BCUT2D eigenvalue weighted by Gasteiger charge is -2.06. The third kappa shape index (κ3) is 3.33. The smallest absolute Gasteiger partial charge is 0.275 e. The number of hydrogen-bond acceptors (Lipinski definition) is 5. The number of anilines is 1. The van der Waals surface area contributed by atoms with Crippen LogP contribution in [-0.4, -0.2) is 24.3 Å². The zero-order chi connectivity index (χ0) is 16.4. The van der Waals surface area contributed by atoms with Gasteiger partial charge in [-0.25, -0.2) is 18.5 Å². The molecule has 7 nitrogen and oxygen atoms in total. The van der Waals surface area contributed by atoms with E-state index in [1.54, 1.807) is 24.3 Å². The van der Waals surface area contributed by atoms with E-state index in [9.17, 15) is 13.2 Å². The van der Waals surface area contributed by atoms with Gasteiger partial charge in [0.1, 0.15) is 5.69 Å². The maximum atomic E-state index is 12.2. The lowest BCUT2D eigenvalue weighted by Crippen LogP contribution is -2.16. The van der Waals surface area contributed by atoms with Gasteiger partial charge in [-0.05, 0) is 30.3 Å². The highest BCUT2D eigenvalue weighted by Crippen LogP contribution is 2.15. The molecule has 0 fully saturated rings. The molecule has 0 aliphatic heterocycles. The van der Waals surface area contributed by atoms with Crippen LogP contribution in [0, 0.1) is 0 Å². The van der Waals surface area contributed by atoms with Gasteiger partial charge in [-0.15, -0.1) is 0 Å². The van der Waals surface area contributed by atoms with Gasteiger partial charge in [-0.1, -0.05) is 18.2 Å². The fourth-order valence-corrected chi connectivity index (χ4v) is 2.57. The molecule has 0 saturated carbocycles. The van der Waals surface area contributed by atoms with Gasteiger partial charge in [-0.2, -0.15) is 0 Å². The van der Waals surface area contributed by atoms with E-state index in [2.05, 4.69) is 15.3 Å². The fourth-order valence-electron chi connectivity index (χ4n) is 2.01. The maximum absolute atomic E-state index is 12.2. The molecule has 1 amide bonds. The number of carbonyl (C=O) groups excluding carboxylic acids is 1. The molecular weight excluding hydrogens is 316 g/mol. The Labute approximate surface area is 132 Å². The number of amides is 1. The van der Waals surface area contributed by atoms with E-state index in [0.29, 0.717) is 16.7 Å². The number of sulfonamides is 1. The molecule has 8 heteroatoms. The first kappa shape index (κ1) is 15.1. The third-order valence-corrected chi connectivity index (χ3v) is 4.01. The molecule has 116 valence electrons. The van der Waals surface area contributed by atoms with Crippen molar-refractivity contribution in [3.8, 4) is 0 Å². The van der Waals surface area contributed by atoms with Crippen LogP contribution in [0.2, 0.25) is 0 Å². The second kappa shape index (κ2) is 5.75. The van der Waals surface area contributed by atoms with Crippen molar-refractivity contribution in [2.45, 2.75) is 4.90 Å². The van der Waals surface area contributed by atoms with Gasteiger partial charge in [0, 0.05) is 5.69 Å². The molecule has 3 N–H and O–H groups in total. The highest BCUT2D eigenvalue weighted by Gasteiger charge is 2.12. The molecule has 0 aliphatic rings. The van der Waals surface area contributed by atoms with E-state index < -0.39 is 15.9 Å². The van der Waals surface area contributed by atoms with Crippen molar-refractivity contribution in [3.05, 3.63) is 60.4 Å².